The van der Waals surface area contributed by atoms with Crippen molar-refractivity contribution in [2.24, 2.45) is 4.99 Å². The van der Waals surface area contributed by atoms with Crippen LogP contribution in [0, 0.1) is 5.82 Å². The van der Waals surface area contributed by atoms with Gasteiger partial charge in [0.05, 0.1) is 40.8 Å². The monoisotopic (exact) mass is 820 g/mol. The van der Waals surface area contributed by atoms with E-state index in [2.05, 4.69) is 21.3 Å². The number of carbonyl (C=O) groups is 5. The third-order valence-electron chi connectivity index (χ3n) is 10.8. The third-order valence-corrected chi connectivity index (χ3v) is 11.0. The lowest BCUT2D eigenvalue weighted by atomic mass is 10.0. The summed E-state index contributed by atoms with van der Waals surface area (Å²) in [6, 6.07) is 12.3. The molecule has 2 atom stereocenters. The number of amidine groups is 1. The quantitative estimate of drug-likeness (QED) is 0.104. The molecule has 3 aromatic carbocycles. The SMILES string of the molecule is O=C1CCC(N2C(=O)c3cccc(NCCCCCCCCNC(=O)N4CCC(N=C5Nc6cc(F)ccc6N(CC(F)F)c6ccc(Cl)cc65)C4)c3C2=O)C(=O)N1. The van der Waals surface area contributed by atoms with Gasteiger partial charge in [-0.2, -0.15) is 0 Å². The standard InChI is InChI=1S/C41H44ClF3N8O5/c42-24-10-12-31-28(20-24)37(49-30-21-25(43)11-13-32(30)52(31)23-34(44)45)48-26-16-19-51(22-26)41(58)47-18-6-4-2-1-3-5-17-46-29-9-7-8-27-36(29)40(57)53(39(27)56)33-14-15-35(54)50-38(33)55/h7-13,20-21,26,33-34,46H,1-6,14-19,22-23H2,(H,47,58)(H,48,49)(H,50,54,55). The number of hydrogen-bond donors (Lipinski definition) is 4. The number of fused-ring (bicyclic) bond motifs is 3. The van der Waals surface area contributed by atoms with E-state index in [-0.39, 0.29) is 36.0 Å². The lowest BCUT2D eigenvalue weighted by Crippen LogP contribution is -2.54. The number of anilines is 4. The van der Waals surface area contributed by atoms with Crippen LogP contribution in [0.2, 0.25) is 5.02 Å². The molecule has 0 radical (unpaired) electrons. The summed E-state index contributed by atoms with van der Waals surface area (Å²) in [5.41, 5.74) is 2.65. The first-order chi connectivity index (χ1) is 28.0. The maximum absolute atomic E-state index is 14.3. The molecule has 0 spiro atoms. The highest BCUT2D eigenvalue weighted by atomic mass is 35.5. The van der Waals surface area contributed by atoms with Gasteiger partial charge in [-0.25, -0.2) is 18.0 Å². The van der Waals surface area contributed by atoms with Gasteiger partial charge in [0.15, 0.2) is 0 Å². The van der Waals surface area contributed by atoms with Gasteiger partial charge in [-0.3, -0.25) is 34.4 Å². The normalized spacial score (nSPS) is 19.5. The summed E-state index contributed by atoms with van der Waals surface area (Å²) < 4.78 is 41.8. The second kappa shape index (κ2) is 17.9. The number of likely N-dealkylation sites (tertiary alicyclic amines) is 1. The van der Waals surface area contributed by atoms with E-state index in [9.17, 15) is 37.1 Å². The van der Waals surface area contributed by atoms with Crippen LogP contribution in [0.4, 0.5) is 40.7 Å². The van der Waals surface area contributed by atoms with E-state index in [1.165, 1.54) is 23.1 Å². The van der Waals surface area contributed by atoms with E-state index in [1.807, 2.05) is 0 Å². The summed E-state index contributed by atoms with van der Waals surface area (Å²) >= 11 is 6.34. The van der Waals surface area contributed by atoms with Gasteiger partial charge in [0.25, 0.3) is 18.2 Å². The number of piperidine rings is 1. The van der Waals surface area contributed by atoms with Crippen molar-refractivity contribution >= 4 is 69.8 Å². The molecule has 3 aromatic rings. The number of urea groups is 1. The smallest absolute Gasteiger partial charge is 0.317 e. The fourth-order valence-electron chi connectivity index (χ4n) is 7.90. The van der Waals surface area contributed by atoms with Gasteiger partial charge in [0.2, 0.25) is 11.8 Å². The summed E-state index contributed by atoms with van der Waals surface area (Å²) in [5, 5.41) is 12.0. The highest BCUT2D eigenvalue weighted by Gasteiger charge is 2.45. The second-order valence-corrected chi connectivity index (χ2v) is 15.2. The maximum atomic E-state index is 14.3. The van der Waals surface area contributed by atoms with Crippen LogP contribution < -0.4 is 26.2 Å². The van der Waals surface area contributed by atoms with Gasteiger partial charge in [0.1, 0.15) is 17.7 Å². The van der Waals surface area contributed by atoms with Crippen molar-refractivity contribution in [3.63, 3.8) is 0 Å². The van der Waals surface area contributed by atoms with Crippen molar-refractivity contribution in [1.82, 2.24) is 20.4 Å². The Balaban J connectivity index is 0.830. The number of carbonyl (C=O) groups excluding carboxylic acids is 5. The Morgan fingerprint density at radius 3 is 2.41 bits per heavy atom. The van der Waals surface area contributed by atoms with Crippen LogP contribution in [0.5, 0.6) is 0 Å². The second-order valence-electron chi connectivity index (χ2n) is 14.8. The Bertz CT molecular complexity index is 2140. The first-order valence-electron chi connectivity index (χ1n) is 19.6. The first kappa shape index (κ1) is 40.6. The Labute approximate surface area is 338 Å². The van der Waals surface area contributed by atoms with Crippen molar-refractivity contribution < 1.29 is 37.1 Å². The summed E-state index contributed by atoms with van der Waals surface area (Å²) in [6.07, 6.45) is 3.57. The topological polar surface area (TPSA) is 156 Å². The molecule has 4 heterocycles. The number of amides is 6. The third kappa shape index (κ3) is 8.91. The van der Waals surface area contributed by atoms with Crippen LogP contribution in [0.15, 0.2) is 59.6 Å². The Kier molecular flexibility index (Phi) is 12.5. The number of imide groups is 2. The molecule has 4 N–H and O–H groups in total. The molecule has 2 unspecified atom stereocenters. The van der Waals surface area contributed by atoms with Crippen LogP contribution >= 0.6 is 11.6 Å². The number of benzene rings is 3. The average molecular weight is 821 g/mol. The van der Waals surface area contributed by atoms with Crippen LogP contribution in [-0.2, 0) is 9.59 Å². The number of aliphatic imine (C=N–C) groups is 1. The molecule has 4 aliphatic heterocycles. The fourth-order valence-corrected chi connectivity index (χ4v) is 8.07. The maximum Gasteiger partial charge on any atom is 0.317 e. The van der Waals surface area contributed by atoms with Gasteiger partial charge in [0, 0.05) is 48.9 Å². The zero-order chi connectivity index (χ0) is 40.9. The van der Waals surface area contributed by atoms with E-state index >= 15 is 0 Å². The molecule has 2 fully saturated rings. The number of rotatable bonds is 14. The molecule has 306 valence electrons. The molecule has 17 heteroatoms. The lowest BCUT2D eigenvalue weighted by molar-refractivity contribution is -0.136. The Morgan fingerprint density at radius 2 is 1.64 bits per heavy atom. The molecule has 0 bridgehead atoms. The molecule has 13 nitrogen and oxygen atoms in total. The van der Waals surface area contributed by atoms with E-state index in [4.69, 9.17) is 16.6 Å². The largest absolute Gasteiger partial charge is 0.384 e. The van der Waals surface area contributed by atoms with Gasteiger partial charge in [-0.15, -0.1) is 0 Å². The number of alkyl halides is 2. The van der Waals surface area contributed by atoms with Gasteiger partial charge in [-0.1, -0.05) is 43.4 Å². The molecule has 0 aliphatic carbocycles. The predicted octanol–water partition coefficient (Wildman–Crippen LogP) is 6.69. The first-order valence-corrected chi connectivity index (χ1v) is 20.0. The minimum atomic E-state index is -2.66. The van der Waals surface area contributed by atoms with Crippen molar-refractivity contribution in [1.29, 1.82) is 0 Å². The zero-order valence-electron chi connectivity index (χ0n) is 31.7. The van der Waals surface area contributed by atoms with E-state index < -0.39 is 48.5 Å². The van der Waals surface area contributed by atoms with Gasteiger partial charge < -0.3 is 25.8 Å². The molecular weight excluding hydrogens is 777 g/mol. The number of nitrogens with one attached hydrogen (secondary N) is 4. The zero-order valence-corrected chi connectivity index (χ0v) is 32.4. The van der Waals surface area contributed by atoms with Crippen molar-refractivity contribution in [2.75, 3.05) is 48.3 Å². The van der Waals surface area contributed by atoms with Crippen molar-refractivity contribution in [3.8, 4) is 0 Å². The molecule has 0 saturated carbocycles. The molecule has 2 saturated heterocycles. The highest BCUT2D eigenvalue weighted by molar-refractivity contribution is 6.31. The molecule has 58 heavy (non-hydrogen) atoms. The van der Waals surface area contributed by atoms with E-state index in [1.54, 1.807) is 41.3 Å². The van der Waals surface area contributed by atoms with Crippen LogP contribution in [0.25, 0.3) is 0 Å². The molecular formula is C41H44ClF3N8O5. The van der Waals surface area contributed by atoms with Gasteiger partial charge in [-0.05, 0) is 74.2 Å². The Morgan fingerprint density at radius 1 is 0.879 bits per heavy atom. The highest BCUT2D eigenvalue weighted by Crippen LogP contribution is 2.40. The number of unbranched alkanes of at least 4 members (excludes halogenated alkanes) is 5. The summed E-state index contributed by atoms with van der Waals surface area (Å²) in [6.45, 7) is 1.34. The summed E-state index contributed by atoms with van der Waals surface area (Å²) in [7, 11) is 0. The molecule has 4 aliphatic rings. The average Bonchev–Trinajstić information content (AvgIpc) is 3.73. The van der Waals surface area contributed by atoms with Crippen LogP contribution in [-0.4, -0.2) is 96.5 Å². The summed E-state index contributed by atoms with van der Waals surface area (Å²) in [5.74, 6) is -2.31. The molecule has 7 rings (SSSR count). The molecule has 6 amide bonds. The Hall–Kier alpha value is -5.64. The fraction of sp³-hybridized carbons (Fsp3) is 0.415. The minimum Gasteiger partial charge on any atom is -0.384 e. The number of hydrogen-bond acceptors (Lipinski definition) is 8. The number of nitrogens with zero attached hydrogens (tertiary/aromatic N) is 4. The summed E-state index contributed by atoms with van der Waals surface area (Å²) in [4.78, 5) is 72.3. The van der Waals surface area contributed by atoms with Gasteiger partial charge >= 0.3 is 6.03 Å². The van der Waals surface area contributed by atoms with E-state index in [0.717, 1.165) is 43.4 Å². The lowest BCUT2D eigenvalue weighted by Gasteiger charge is -2.27. The van der Waals surface area contributed by atoms with Crippen molar-refractivity contribution in [3.05, 3.63) is 82.1 Å². The minimum absolute atomic E-state index is 0.0609. The predicted molar refractivity (Wildman–Crippen MR) is 214 cm³/mol. The van der Waals surface area contributed by atoms with Crippen LogP contribution in [0.1, 0.15) is 84.1 Å². The van der Waals surface area contributed by atoms with E-state index in [0.29, 0.717) is 71.8 Å². The number of halogens is 4. The van der Waals surface area contributed by atoms with Crippen molar-refractivity contribution in [2.45, 2.75) is 76.3 Å². The molecule has 0 aromatic heterocycles. The van der Waals surface area contributed by atoms with Crippen LogP contribution in [0.3, 0.4) is 0 Å².